The second kappa shape index (κ2) is 4.38. The molecule has 0 fully saturated rings. The number of hydrogen-bond acceptors (Lipinski definition) is 3. The van der Waals surface area contributed by atoms with Gasteiger partial charge >= 0.3 is 18.8 Å². The van der Waals surface area contributed by atoms with Gasteiger partial charge in [-0.2, -0.15) is 9.65 Å². The largest absolute Gasteiger partial charge is 0.421 e. The number of ether oxygens (including phenoxy) is 1. The zero-order chi connectivity index (χ0) is 9.72. The third-order valence-electron chi connectivity index (χ3n) is 0.799. The van der Waals surface area contributed by atoms with Crippen LogP contribution in [0.15, 0.2) is 12.2 Å². The number of esters is 1. The molecule has 0 aliphatic heterocycles. The van der Waals surface area contributed by atoms with E-state index in [2.05, 4.69) is 11.3 Å². The van der Waals surface area contributed by atoms with Crippen molar-refractivity contribution in [3.63, 3.8) is 0 Å². The molecule has 0 bridgehead atoms. The standard InChI is InChI=1S/C6H4F3NO2/c1-3(2-10)6(11)12-5(9)4(7)8/h4-5H,1H2. The van der Waals surface area contributed by atoms with Gasteiger partial charge in [-0.1, -0.05) is 6.58 Å². The molecule has 0 heterocycles. The highest BCUT2D eigenvalue weighted by Gasteiger charge is 2.24. The first-order chi connectivity index (χ1) is 5.49. The van der Waals surface area contributed by atoms with Crippen molar-refractivity contribution in [1.82, 2.24) is 0 Å². The summed E-state index contributed by atoms with van der Waals surface area (Å²) in [6.07, 6.45) is -6.43. The van der Waals surface area contributed by atoms with Crippen molar-refractivity contribution >= 4 is 5.97 Å². The second-order valence-corrected chi connectivity index (χ2v) is 1.68. The Morgan fingerprint density at radius 2 is 2.00 bits per heavy atom. The van der Waals surface area contributed by atoms with Crippen LogP contribution in [0.1, 0.15) is 0 Å². The lowest BCUT2D eigenvalue weighted by Crippen LogP contribution is -2.21. The maximum Gasteiger partial charge on any atom is 0.351 e. The Balaban J connectivity index is 4.04. The van der Waals surface area contributed by atoms with E-state index in [-0.39, 0.29) is 0 Å². The number of hydrogen-bond donors (Lipinski definition) is 0. The molecule has 0 radical (unpaired) electrons. The number of rotatable bonds is 3. The topological polar surface area (TPSA) is 50.1 Å². The summed E-state index contributed by atoms with van der Waals surface area (Å²) >= 11 is 0. The van der Waals surface area contributed by atoms with Crippen LogP contribution in [0.4, 0.5) is 13.2 Å². The van der Waals surface area contributed by atoms with Gasteiger partial charge in [0.2, 0.25) is 0 Å². The molecule has 0 amide bonds. The number of carbonyl (C=O) groups excluding carboxylic acids is 1. The summed E-state index contributed by atoms with van der Waals surface area (Å²) in [5, 5.41) is 8.00. The van der Waals surface area contributed by atoms with Crippen molar-refractivity contribution in [2.45, 2.75) is 12.8 Å². The van der Waals surface area contributed by atoms with Crippen molar-refractivity contribution < 1.29 is 22.7 Å². The fourth-order valence-electron chi connectivity index (χ4n) is 0.270. The van der Waals surface area contributed by atoms with Gasteiger partial charge in [-0.25, -0.2) is 13.6 Å². The fraction of sp³-hybridized carbons (Fsp3) is 0.333. The van der Waals surface area contributed by atoms with Crippen LogP contribution < -0.4 is 0 Å². The van der Waals surface area contributed by atoms with E-state index in [1.54, 1.807) is 0 Å². The SMILES string of the molecule is C=C(C#N)C(=O)OC(F)C(F)F. The van der Waals surface area contributed by atoms with Gasteiger partial charge in [0, 0.05) is 0 Å². The maximum atomic E-state index is 11.9. The summed E-state index contributed by atoms with van der Waals surface area (Å²) in [5.74, 6) is -1.48. The lowest BCUT2D eigenvalue weighted by molar-refractivity contribution is -0.168. The summed E-state index contributed by atoms with van der Waals surface area (Å²) < 4.78 is 38.2. The number of nitrogens with zero attached hydrogens (tertiary/aromatic N) is 1. The van der Waals surface area contributed by atoms with Crippen LogP contribution in [0.3, 0.4) is 0 Å². The summed E-state index contributed by atoms with van der Waals surface area (Å²) in [6.45, 7) is 2.84. The van der Waals surface area contributed by atoms with Crippen LogP contribution in [0.25, 0.3) is 0 Å². The Labute approximate surface area is 66.0 Å². The Hall–Kier alpha value is -1.51. The summed E-state index contributed by atoms with van der Waals surface area (Å²) in [7, 11) is 0. The van der Waals surface area contributed by atoms with E-state index in [0.717, 1.165) is 0 Å². The van der Waals surface area contributed by atoms with E-state index >= 15 is 0 Å². The predicted molar refractivity (Wildman–Crippen MR) is 31.7 cm³/mol. The van der Waals surface area contributed by atoms with Gasteiger partial charge < -0.3 is 4.74 Å². The average molecular weight is 179 g/mol. The smallest absolute Gasteiger partial charge is 0.351 e. The highest BCUT2D eigenvalue weighted by molar-refractivity contribution is 5.91. The average Bonchev–Trinajstić information content (AvgIpc) is 2.02. The van der Waals surface area contributed by atoms with Crippen LogP contribution in [0, 0.1) is 11.3 Å². The van der Waals surface area contributed by atoms with Gasteiger partial charge in [-0.05, 0) is 0 Å². The summed E-state index contributed by atoms with van der Waals surface area (Å²) in [4.78, 5) is 10.4. The molecule has 12 heavy (non-hydrogen) atoms. The van der Waals surface area contributed by atoms with Crippen LogP contribution in [-0.4, -0.2) is 18.8 Å². The van der Waals surface area contributed by atoms with Crippen molar-refractivity contribution in [1.29, 1.82) is 5.26 Å². The first-order valence-electron chi connectivity index (χ1n) is 2.71. The minimum Gasteiger partial charge on any atom is -0.421 e. The molecule has 0 aromatic carbocycles. The van der Waals surface area contributed by atoms with E-state index in [4.69, 9.17) is 5.26 Å². The molecule has 0 aliphatic rings. The van der Waals surface area contributed by atoms with E-state index in [1.807, 2.05) is 0 Å². The van der Waals surface area contributed by atoms with Crippen molar-refractivity contribution in [2.75, 3.05) is 0 Å². The third kappa shape index (κ3) is 3.05. The summed E-state index contributed by atoms with van der Waals surface area (Å²) in [5.41, 5.74) is -0.724. The number of alkyl halides is 3. The molecule has 0 N–H and O–H groups in total. The van der Waals surface area contributed by atoms with Crippen LogP contribution in [-0.2, 0) is 9.53 Å². The highest BCUT2D eigenvalue weighted by atomic mass is 19.3. The molecular formula is C6H4F3NO2. The molecule has 0 saturated carbocycles. The van der Waals surface area contributed by atoms with Gasteiger partial charge in [0.05, 0.1) is 0 Å². The van der Waals surface area contributed by atoms with E-state index < -0.39 is 24.3 Å². The van der Waals surface area contributed by atoms with Gasteiger partial charge in [0.15, 0.2) is 0 Å². The minimum absolute atomic E-state index is 0.724. The van der Waals surface area contributed by atoms with Crippen LogP contribution in [0.5, 0.6) is 0 Å². The molecule has 0 aromatic rings. The van der Waals surface area contributed by atoms with Crippen molar-refractivity contribution in [2.24, 2.45) is 0 Å². The molecule has 1 unspecified atom stereocenters. The first-order valence-corrected chi connectivity index (χ1v) is 2.71. The minimum atomic E-state index is -3.42. The molecule has 1 atom stereocenters. The molecular weight excluding hydrogens is 175 g/mol. The highest BCUT2D eigenvalue weighted by Crippen LogP contribution is 2.08. The van der Waals surface area contributed by atoms with Crippen LogP contribution in [0.2, 0.25) is 0 Å². The number of nitriles is 1. The van der Waals surface area contributed by atoms with Gasteiger partial charge in [0.25, 0.3) is 0 Å². The molecule has 0 aromatic heterocycles. The molecule has 0 spiro atoms. The van der Waals surface area contributed by atoms with Crippen LogP contribution >= 0.6 is 0 Å². The van der Waals surface area contributed by atoms with Gasteiger partial charge in [0.1, 0.15) is 11.6 Å². The Morgan fingerprint density at radius 1 is 1.50 bits per heavy atom. The van der Waals surface area contributed by atoms with Crippen molar-refractivity contribution in [3.8, 4) is 6.07 Å². The molecule has 0 saturated heterocycles. The zero-order valence-electron chi connectivity index (χ0n) is 5.76. The second-order valence-electron chi connectivity index (χ2n) is 1.68. The van der Waals surface area contributed by atoms with Crippen molar-refractivity contribution in [3.05, 3.63) is 12.2 Å². The molecule has 66 valence electrons. The quantitative estimate of drug-likeness (QED) is 0.371. The first kappa shape index (κ1) is 10.5. The Bertz CT molecular complexity index is 233. The monoisotopic (exact) mass is 179 g/mol. The molecule has 0 aliphatic carbocycles. The fourth-order valence-corrected chi connectivity index (χ4v) is 0.270. The lowest BCUT2D eigenvalue weighted by atomic mass is 10.3. The van der Waals surface area contributed by atoms with Gasteiger partial charge in [-0.15, -0.1) is 0 Å². The van der Waals surface area contributed by atoms with E-state index in [1.165, 1.54) is 6.07 Å². The maximum absolute atomic E-state index is 11.9. The number of halogens is 3. The zero-order valence-corrected chi connectivity index (χ0v) is 5.76. The predicted octanol–water partition coefficient (Wildman–Crippen LogP) is 1.17. The van der Waals surface area contributed by atoms with E-state index in [0.29, 0.717) is 0 Å². The number of carbonyl (C=O) groups is 1. The summed E-state index contributed by atoms with van der Waals surface area (Å²) in [6, 6.07) is 1.23. The normalized spacial score (nSPS) is 11.9. The van der Waals surface area contributed by atoms with E-state index in [9.17, 15) is 18.0 Å². The Morgan fingerprint density at radius 3 is 2.33 bits per heavy atom. The molecule has 6 heteroatoms. The van der Waals surface area contributed by atoms with Gasteiger partial charge in [-0.3, -0.25) is 0 Å². The third-order valence-corrected chi connectivity index (χ3v) is 0.799. The molecule has 3 nitrogen and oxygen atoms in total. The lowest BCUT2D eigenvalue weighted by Gasteiger charge is -2.06. The molecule has 0 rings (SSSR count). The Kier molecular flexibility index (Phi) is 3.83.